The first-order chi connectivity index (χ1) is 6.70. The molecule has 3 nitrogen and oxygen atoms in total. The average molecular weight is 196 g/mol. The monoisotopic (exact) mass is 196 g/mol. The highest BCUT2D eigenvalue weighted by Crippen LogP contribution is 2.13. The molecule has 1 aliphatic carbocycles. The Morgan fingerprint density at radius 1 is 1.21 bits per heavy atom. The van der Waals surface area contributed by atoms with Gasteiger partial charge in [0.1, 0.15) is 0 Å². The lowest BCUT2D eigenvalue weighted by atomic mass is 10.1. The number of cyclic esters (lactones) is 2. The zero-order valence-corrected chi connectivity index (χ0v) is 8.49. The third kappa shape index (κ3) is 3.73. The molecule has 3 heteroatoms. The van der Waals surface area contributed by atoms with Crippen LogP contribution in [0.2, 0.25) is 0 Å². The van der Waals surface area contributed by atoms with Gasteiger partial charge in [-0.1, -0.05) is 19.1 Å². The predicted molar refractivity (Wildman–Crippen MR) is 52.5 cm³/mol. The molecule has 0 aromatic heterocycles. The van der Waals surface area contributed by atoms with Crippen molar-refractivity contribution in [3.05, 3.63) is 12.2 Å². The summed E-state index contributed by atoms with van der Waals surface area (Å²) in [6, 6.07) is 0. The standard InChI is InChI=1S/C6H10.C5H6O3/c1-2-4-6-5-3-1;1-3-2-4(6)8-5(3)7/h1-2H,3-6H2;3H,2H2,1H3. The lowest BCUT2D eigenvalue weighted by molar-refractivity contribution is -0.152. The van der Waals surface area contributed by atoms with E-state index in [1.807, 2.05) is 0 Å². The Hall–Kier alpha value is -1.12. The van der Waals surface area contributed by atoms with Crippen molar-refractivity contribution in [2.75, 3.05) is 0 Å². The molecular formula is C11H16O3. The number of carbonyl (C=O) groups excluding carboxylic acids is 2. The first-order valence-corrected chi connectivity index (χ1v) is 5.09. The number of hydrogen-bond donors (Lipinski definition) is 0. The molecule has 1 aliphatic heterocycles. The van der Waals surface area contributed by atoms with Gasteiger partial charge >= 0.3 is 11.9 Å². The van der Waals surface area contributed by atoms with Gasteiger partial charge in [0.25, 0.3) is 0 Å². The van der Waals surface area contributed by atoms with E-state index in [9.17, 15) is 9.59 Å². The summed E-state index contributed by atoms with van der Waals surface area (Å²) in [5.41, 5.74) is 0. The molecule has 0 spiro atoms. The third-order valence-electron chi connectivity index (χ3n) is 2.25. The summed E-state index contributed by atoms with van der Waals surface area (Å²) in [4.78, 5) is 20.6. The Morgan fingerprint density at radius 3 is 1.93 bits per heavy atom. The van der Waals surface area contributed by atoms with E-state index in [4.69, 9.17) is 0 Å². The van der Waals surface area contributed by atoms with Crippen molar-refractivity contribution >= 4 is 11.9 Å². The lowest BCUT2D eigenvalue weighted by Gasteiger charge is -1.97. The van der Waals surface area contributed by atoms with Crippen LogP contribution in [-0.4, -0.2) is 11.9 Å². The second-order valence-corrected chi connectivity index (χ2v) is 3.65. The van der Waals surface area contributed by atoms with Crippen LogP contribution in [0.3, 0.4) is 0 Å². The molecule has 0 N–H and O–H groups in total. The van der Waals surface area contributed by atoms with Crippen LogP contribution >= 0.6 is 0 Å². The zero-order chi connectivity index (χ0) is 10.4. The summed E-state index contributed by atoms with van der Waals surface area (Å²) in [5.74, 6) is -1.01. The van der Waals surface area contributed by atoms with Crippen molar-refractivity contribution in [1.82, 2.24) is 0 Å². The molecule has 2 aliphatic rings. The van der Waals surface area contributed by atoms with E-state index in [-0.39, 0.29) is 12.3 Å². The molecule has 1 unspecified atom stereocenters. The number of ether oxygens (including phenoxy) is 1. The van der Waals surface area contributed by atoms with Crippen molar-refractivity contribution in [2.24, 2.45) is 5.92 Å². The molecule has 1 saturated heterocycles. The first-order valence-electron chi connectivity index (χ1n) is 5.09. The number of carbonyl (C=O) groups is 2. The molecule has 1 atom stereocenters. The average Bonchev–Trinajstić information content (AvgIpc) is 2.48. The van der Waals surface area contributed by atoms with Gasteiger partial charge in [0.15, 0.2) is 0 Å². The molecular weight excluding hydrogens is 180 g/mol. The second-order valence-electron chi connectivity index (χ2n) is 3.65. The highest BCUT2D eigenvalue weighted by molar-refractivity contribution is 5.94. The maximum absolute atomic E-state index is 10.3. The number of esters is 2. The summed E-state index contributed by atoms with van der Waals surface area (Å²) >= 11 is 0. The fourth-order valence-corrected chi connectivity index (χ4v) is 1.35. The highest BCUT2D eigenvalue weighted by Gasteiger charge is 2.28. The summed E-state index contributed by atoms with van der Waals surface area (Å²) in [7, 11) is 0. The van der Waals surface area contributed by atoms with Gasteiger partial charge in [-0.2, -0.15) is 0 Å². The summed E-state index contributed by atoms with van der Waals surface area (Å²) in [6.07, 6.45) is 10.2. The molecule has 1 fully saturated rings. The topological polar surface area (TPSA) is 43.4 Å². The fourth-order valence-electron chi connectivity index (χ4n) is 1.35. The zero-order valence-electron chi connectivity index (χ0n) is 8.49. The molecule has 0 radical (unpaired) electrons. The van der Waals surface area contributed by atoms with Crippen LogP contribution in [0.15, 0.2) is 12.2 Å². The van der Waals surface area contributed by atoms with Crippen LogP contribution in [0.5, 0.6) is 0 Å². The quantitative estimate of drug-likeness (QED) is 0.339. The highest BCUT2D eigenvalue weighted by atomic mass is 16.6. The Morgan fingerprint density at radius 2 is 1.79 bits per heavy atom. The molecule has 0 bridgehead atoms. The number of allylic oxidation sites excluding steroid dienone is 2. The molecule has 0 amide bonds. The van der Waals surface area contributed by atoms with E-state index in [1.54, 1.807) is 6.92 Å². The van der Waals surface area contributed by atoms with Gasteiger partial charge in [0.2, 0.25) is 0 Å². The van der Waals surface area contributed by atoms with Crippen LogP contribution in [0.4, 0.5) is 0 Å². The van der Waals surface area contributed by atoms with Crippen molar-refractivity contribution in [3.63, 3.8) is 0 Å². The van der Waals surface area contributed by atoms with Crippen molar-refractivity contribution in [2.45, 2.75) is 39.0 Å². The molecule has 0 aromatic carbocycles. The number of hydrogen-bond acceptors (Lipinski definition) is 3. The van der Waals surface area contributed by atoms with Gasteiger partial charge in [0, 0.05) is 0 Å². The van der Waals surface area contributed by atoms with E-state index in [2.05, 4.69) is 16.9 Å². The Labute approximate surface area is 84.1 Å². The van der Waals surface area contributed by atoms with Crippen LogP contribution in [0.25, 0.3) is 0 Å². The van der Waals surface area contributed by atoms with E-state index in [0.717, 1.165) is 0 Å². The van der Waals surface area contributed by atoms with E-state index in [0.29, 0.717) is 0 Å². The van der Waals surface area contributed by atoms with E-state index >= 15 is 0 Å². The predicted octanol–water partition coefficient (Wildman–Crippen LogP) is 2.21. The minimum atomic E-state index is -0.400. The van der Waals surface area contributed by atoms with Gasteiger partial charge in [0.05, 0.1) is 12.3 Å². The Balaban J connectivity index is 0.000000146. The molecule has 78 valence electrons. The minimum absolute atomic E-state index is 0.220. The van der Waals surface area contributed by atoms with Gasteiger partial charge in [-0.25, -0.2) is 0 Å². The Bertz CT molecular complexity index is 235. The minimum Gasteiger partial charge on any atom is -0.393 e. The van der Waals surface area contributed by atoms with Crippen LogP contribution in [0, 0.1) is 5.92 Å². The summed E-state index contributed by atoms with van der Waals surface area (Å²) < 4.78 is 4.20. The van der Waals surface area contributed by atoms with Crippen molar-refractivity contribution < 1.29 is 14.3 Å². The first kappa shape index (κ1) is 11.0. The van der Waals surface area contributed by atoms with Gasteiger partial charge in [-0.15, -0.1) is 0 Å². The van der Waals surface area contributed by atoms with E-state index < -0.39 is 11.9 Å². The lowest BCUT2D eigenvalue weighted by Crippen LogP contribution is -2.01. The molecule has 14 heavy (non-hydrogen) atoms. The van der Waals surface area contributed by atoms with Crippen LogP contribution < -0.4 is 0 Å². The maximum Gasteiger partial charge on any atom is 0.316 e. The third-order valence-corrected chi connectivity index (χ3v) is 2.25. The molecule has 1 heterocycles. The van der Waals surface area contributed by atoms with Crippen LogP contribution in [-0.2, 0) is 14.3 Å². The summed E-state index contributed by atoms with van der Waals surface area (Å²) in [5, 5.41) is 0. The largest absolute Gasteiger partial charge is 0.393 e. The normalized spacial score (nSPS) is 25.4. The van der Waals surface area contributed by atoms with Crippen molar-refractivity contribution in [1.29, 1.82) is 0 Å². The molecule has 0 aromatic rings. The Kier molecular flexibility index (Phi) is 4.36. The van der Waals surface area contributed by atoms with Gasteiger partial charge in [-0.3, -0.25) is 9.59 Å². The number of rotatable bonds is 0. The van der Waals surface area contributed by atoms with Crippen LogP contribution in [0.1, 0.15) is 39.0 Å². The summed E-state index contributed by atoms with van der Waals surface area (Å²) in [6.45, 7) is 1.67. The van der Waals surface area contributed by atoms with Gasteiger partial charge < -0.3 is 4.74 Å². The maximum atomic E-state index is 10.3. The molecule has 2 rings (SSSR count). The van der Waals surface area contributed by atoms with Gasteiger partial charge in [-0.05, 0) is 25.7 Å². The smallest absolute Gasteiger partial charge is 0.316 e. The SMILES string of the molecule is C1=CCCCC1.CC1CC(=O)OC1=O. The second kappa shape index (κ2) is 5.58. The fraction of sp³-hybridized carbons (Fsp3) is 0.636. The van der Waals surface area contributed by atoms with E-state index in [1.165, 1.54) is 25.7 Å². The van der Waals surface area contributed by atoms with Crippen molar-refractivity contribution in [3.8, 4) is 0 Å². The molecule has 0 saturated carbocycles.